The second-order valence-electron chi connectivity index (χ2n) is 5.13. The largest absolute Gasteiger partial charge is 0.452 e. The van der Waals surface area contributed by atoms with E-state index in [9.17, 15) is 9.59 Å². The van der Waals surface area contributed by atoms with Crippen LogP contribution in [-0.4, -0.2) is 30.0 Å². The van der Waals surface area contributed by atoms with Crippen molar-refractivity contribution in [3.05, 3.63) is 57.8 Å². The third-order valence-corrected chi connectivity index (χ3v) is 7.40. The van der Waals surface area contributed by atoms with E-state index in [2.05, 4.69) is 5.32 Å². The molecule has 1 aliphatic heterocycles. The van der Waals surface area contributed by atoms with Gasteiger partial charge in [-0.05, 0) is 29.1 Å². The minimum Gasteiger partial charge on any atom is -0.452 e. The molecule has 1 aromatic heterocycles. The molecule has 1 aliphatic rings. The molecule has 0 aliphatic carbocycles. The maximum atomic E-state index is 12.0. The average molecular weight is 380 g/mol. The van der Waals surface area contributed by atoms with E-state index < -0.39 is 5.97 Å². The molecule has 2 aromatic rings. The monoisotopic (exact) mass is 379 g/mol. The number of rotatable bonds is 6. The van der Waals surface area contributed by atoms with Gasteiger partial charge in [0.05, 0.1) is 16.7 Å². The minimum absolute atomic E-state index is 0.264. The lowest BCUT2D eigenvalue weighted by atomic mass is 10.1. The molecule has 1 N–H and O–H groups in total. The normalized spacial score (nSPS) is 14.5. The predicted octanol–water partition coefficient (Wildman–Crippen LogP) is 3.70. The Morgan fingerprint density at radius 3 is 2.54 bits per heavy atom. The van der Waals surface area contributed by atoms with Crippen molar-refractivity contribution in [1.29, 1.82) is 0 Å². The van der Waals surface area contributed by atoms with E-state index >= 15 is 0 Å². The third-order valence-electron chi connectivity index (χ3n) is 3.41. The maximum Gasteiger partial charge on any atom is 0.338 e. The van der Waals surface area contributed by atoms with Gasteiger partial charge < -0.3 is 10.1 Å². The van der Waals surface area contributed by atoms with Gasteiger partial charge in [0.2, 0.25) is 0 Å². The minimum atomic E-state index is -0.473. The molecular formula is C17H17NO3S3. The van der Waals surface area contributed by atoms with Gasteiger partial charge in [-0.2, -0.15) is 0 Å². The van der Waals surface area contributed by atoms with E-state index in [0.717, 1.165) is 4.88 Å². The molecule has 7 heteroatoms. The van der Waals surface area contributed by atoms with Crippen molar-refractivity contribution in [1.82, 2.24) is 5.32 Å². The number of benzene rings is 1. The van der Waals surface area contributed by atoms with Crippen LogP contribution in [0.25, 0.3) is 0 Å². The molecule has 0 spiro atoms. The van der Waals surface area contributed by atoms with Gasteiger partial charge in [0.1, 0.15) is 0 Å². The van der Waals surface area contributed by atoms with Gasteiger partial charge in [-0.3, -0.25) is 4.79 Å². The van der Waals surface area contributed by atoms with Gasteiger partial charge in [-0.15, -0.1) is 34.9 Å². The Morgan fingerprint density at radius 2 is 1.88 bits per heavy atom. The molecule has 0 atom stereocenters. The van der Waals surface area contributed by atoms with Crippen molar-refractivity contribution in [2.75, 3.05) is 18.1 Å². The molecule has 0 saturated carbocycles. The summed E-state index contributed by atoms with van der Waals surface area (Å²) in [4.78, 5) is 24.8. The highest BCUT2D eigenvalue weighted by Gasteiger charge is 2.18. The number of thiophene rings is 1. The Kier molecular flexibility index (Phi) is 6.23. The van der Waals surface area contributed by atoms with Gasteiger partial charge in [0.25, 0.3) is 5.91 Å². The summed E-state index contributed by atoms with van der Waals surface area (Å²) in [6, 6.07) is 11.3. The molecule has 126 valence electrons. The Hall–Kier alpha value is -1.44. The molecular weight excluding hydrogens is 362 g/mol. The van der Waals surface area contributed by atoms with E-state index in [1.807, 2.05) is 53.2 Å². The van der Waals surface area contributed by atoms with Crippen molar-refractivity contribution in [2.24, 2.45) is 0 Å². The van der Waals surface area contributed by atoms with E-state index in [0.29, 0.717) is 16.7 Å². The first-order valence-electron chi connectivity index (χ1n) is 7.52. The quantitative estimate of drug-likeness (QED) is 0.776. The molecule has 2 heterocycles. The molecule has 1 amide bonds. The van der Waals surface area contributed by atoms with Crippen molar-refractivity contribution in [3.63, 3.8) is 0 Å². The fraction of sp³-hybridized carbons (Fsp3) is 0.294. The summed E-state index contributed by atoms with van der Waals surface area (Å²) in [6.07, 6.45) is 0. The molecule has 0 radical (unpaired) electrons. The summed E-state index contributed by atoms with van der Waals surface area (Å²) in [7, 11) is 0. The van der Waals surface area contributed by atoms with Gasteiger partial charge in [-0.1, -0.05) is 18.2 Å². The van der Waals surface area contributed by atoms with Crippen LogP contribution in [0.15, 0.2) is 41.8 Å². The molecule has 0 bridgehead atoms. The summed E-state index contributed by atoms with van der Waals surface area (Å²) in [5.74, 6) is 1.56. The number of carbonyl (C=O) groups is 2. The molecule has 1 fully saturated rings. The number of esters is 1. The number of carbonyl (C=O) groups excluding carboxylic acids is 2. The first-order chi connectivity index (χ1) is 11.7. The second-order valence-corrected chi connectivity index (χ2v) is 8.88. The fourth-order valence-corrected chi connectivity index (χ4v) is 5.70. The zero-order valence-corrected chi connectivity index (χ0v) is 15.3. The number of nitrogens with one attached hydrogen (secondary N) is 1. The highest BCUT2D eigenvalue weighted by molar-refractivity contribution is 8.19. The van der Waals surface area contributed by atoms with Gasteiger partial charge in [0.15, 0.2) is 6.61 Å². The van der Waals surface area contributed by atoms with Crippen LogP contribution in [0.5, 0.6) is 0 Å². The van der Waals surface area contributed by atoms with Crippen LogP contribution >= 0.6 is 34.9 Å². The van der Waals surface area contributed by atoms with Crippen LogP contribution in [0.3, 0.4) is 0 Å². The zero-order valence-electron chi connectivity index (χ0n) is 12.9. The van der Waals surface area contributed by atoms with E-state index in [1.54, 1.807) is 23.5 Å². The number of hydrogen-bond donors (Lipinski definition) is 1. The Morgan fingerprint density at radius 1 is 1.12 bits per heavy atom. The summed E-state index contributed by atoms with van der Waals surface area (Å²) in [5, 5.41) is 4.68. The van der Waals surface area contributed by atoms with Crippen molar-refractivity contribution in [2.45, 2.75) is 11.1 Å². The SMILES string of the molecule is O=C(COC(=O)c1ccc(C2SCCS2)cc1)NCc1cccs1. The summed E-state index contributed by atoms with van der Waals surface area (Å²) in [6.45, 7) is 0.194. The molecule has 1 saturated heterocycles. The van der Waals surface area contributed by atoms with Crippen molar-refractivity contribution >= 4 is 46.7 Å². The molecule has 1 aromatic carbocycles. The lowest BCUT2D eigenvalue weighted by Gasteiger charge is -2.09. The van der Waals surface area contributed by atoms with Crippen LogP contribution in [0, 0.1) is 0 Å². The fourth-order valence-electron chi connectivity index (χ4n) is 2.19. The van der Waals surface area contributed by atoms with E-state index in [4.69, 9.17) is 4.74 Å². The lowest BCUT2D eigenvalue weighted by Crippen LogP contribution is -2.28. The first kappa shape index (κ1) is 17.4. The van der Waals surface area contributed by atoms with E-state index in [1.165, 1.54) is 17.1 Å². The standard InChI is InChI=1S/C17H17NO3S3/c19-15(18-10-14-2-1-7-22-14)11-21-16(20)12-3-5-13(6-4-12)17-23-8-9-24-17/h1-7,17H,8-11H2,(H,18,19). The summed E-state index contributed by atoms with van der Waals surface area (Å²) < 4.78 is 5.52. The Bertz CT molecular complexity index is 680. The number of ether oxygens (including phenoxy) is 1. The van der Waals surface area contributed by atoms with Crippen LogP contribution in [0.1, 0.15) is 25.4 Å². The molecule has 3 rings (SSSR count). The molecule has 4 nitrogen and oxygen atoms in total. The number of thioether (sulfide) groups is 2. The molecule has 0 unspecified atom stereocenters. The van der Waals surface area contributed by atoms with Crippen LogP contribution < -0.4 is 5.32 Å². The smallest absolute Gasteiger partial charge is 0.338 e. The topological polar surface area (TPSA) is 55.4 Å². The van der Waals surface area contributed by atoms with Crippen molar-refractivity contribution < 1.29 is 14.3 Å². The average Bonchev–Trinajstić information content (AvgIpc) is 3.31. The van der Waals surface area contributed by atoms with Crippen LogP contribution in [0.4, 0.5) is 0 Å². The first-order valence-corrected chi connectivity index (χ1v) is 10.5. The highest BCUT2D eigenvalue weighted by atomic mass is 32.2. The second kappa shape index (κ2) is 8.60. The predicted molar refractivity (Wildman–Crippen MR) is 101 cm³/mol. The van der Waals surface area contributed by atoms with Gasteiger partial charge >= 0.3 is 5.97 Å². The Labute approximate surface area is 153 Å². The lowest BCUT2D eigenvalue weighted by molar-refractivity contribution is -0.124. The Balaban J connectivity index is 1.45. The zero-order chi connectivity index (χ0) is 16.8. The van der Waals surface area contributed by atoms with Crippen LogP contribution in [0.2, 0.25) is 0 Å². The van der Waals surface area contributed by atoms with Gasteiger partial charge in [0, 0.05) is 16.4 Å². The summed E-state index contributed by atoms with van der Waals surface area (Å²) >= 11 is 5.42. The number of amides is 1. The van der Waals surface area contributed by atoms with E-state index in [-0.39, 0.29) is 12.5 Å². The third kappa shape index (κ3) is 4.78. The number of hydrogen-bond acceptors (Lipinski definition) is 6. The van der Waals surface area contributed by atoms with Crippen molar-refractivity contribution in [3.8, 4) is 0 Å². The molecule has 24 heavy (non-hydrogen) atoms. The van der Waals surface area contributed by atoms with Crippen LogP contribution in [-0.2, 0) is 16.1 Å². The maximum absolute atomic E-state index is 12.0. The summed E-state index contributed by atoms with van der Waals surface area (Å²) in [5.41, 5.74) is 1.69. The highest BCUT2D eigenvalue weighted by Crippen LogP contribution is 2.45. The van der Waals surface area contributed by atoms with Gasteiger partial charge in [-0.25, -0.2) is 4.79 Å².